The topological polar surface area (TPSA) is 75.0 Å². The molecule has 0 radical (unpaired) electrons. The Morgan fingerprint density at radius 1 is 1.32 bits per heavy atom. The highest BCUT2D eigenvalue weighted by molar-refractivity contribution is 5.84. The number of hydrogen-bond acceptors (Lipinski definition) is 4. The predicted octanol–water partition coefficient (Wildman–Crippen LogP) is 3.23. The summed E-state index contributed by atoms with van der Waals surface area (Å²) >= 11 is 0. The molecule has 1 aromatic heterocycles. The van der Waals surface area contributed by atoms with E-state index in [1.807, 2.05) is 0 Å². The number of aromatic nitrogens is 1. The first-order chi connectivity index (χ1) is 8.64. The van der Waals surface area contributed by atoms with Crippen molar-refractivity contribution in [2.24, 2.45) is 0 Å². The third-order valence-electron chi connectivity index (χ3n) is 2.33. The van der Waals surface area contributed by atoms with Gasteiger partial charge >= 0.3 is 6.09 Å². The van der Waals surface area contributed by atoms with E-state index in [4.69, 9.17) is 10.00 Å². The minimum absolute atomic E-state index is 0.526. The predicted molar refractivity (Wildman–Crippen MR) is 72.7 cm³/mol. The molecule has 1 aromatic rings. The zero-order valence-electron chi connectivity index (χ0n) is 11.9. The number of rotatable bonds is 2. The molecule has 0 saturated heterocycles. The summed E-state index contributed by atoms with van der Waals surface area (Å²) in [5.74, 6) is 0. The summed E-state index contributed by atoms with van der Waals surface area (Å²) in [5.41, 5.74) is 0.00140. The van der Waals surface area contributed by atoms with Crippen molar-refractivity contribution in [1.29, 1.82) is 5.26 Å². The molecule has 0 aliphatic carbocycles. The molecule has 19 heavy (non-hydrogen) atoms. The standard InChI is InChI=1S/C14H19N3O2/c1-13(2,3)19-12(18)17-10-6-7-11(16-8-10)14(4,5)9-15/h6-8H,1-5H3,(H,17,18). The SMILES string of the molecule is CC(C)(C)OC(=O)Nc1ccc(C(C)(C)C#N)nc1. The molecular formula is C14H19N3O2. The van der Waals surface area contributed by atoms with E-state index in [9.17, 15) is 4.79 Å². The summed E-state index contributed by atoms with van der Waals surface area (Å²) in [6.45, 7) is 8.96. The van der Waals surface area contributed by atoms with Crippen molar-refractivity contribution in [2.75, 3.05) is 5.32 Å². The average molecular weight is 261 g/mol. The number of amides is 1. The summed E-state index contributed by atoms with van der Waals surface area (Å²) in [5, 5.41) is 11.6. The Bertz CT molecular complexity index is 493. The van der Waals surface area contributed by atoms with Crippen LogP contribution in [-0.4, -0.2) is 16.7 Å². The monoisotopic (exact) mass is 261 g/mol. The van der Waals surface area contributed by atoms with Gasteiger partial charge in [0.1, 0.15) is 5.60 Å². The van der Waals surface area contributed by atoms with Gasteiger partial charge < -0.3 is 4.74 Å². The summed E-state index contributed by atoms with van der Waals surface area (Å²) < 4.78 is 5.13. The van der Waals surface area contributed by atoms with Crippen molar-refractivity contribution in [3.8, 4) is 6.07 Å². The van der Waals surface area contributed by atoms with Gasteiger partial charge in [-0.15, -0.1) is 0 Å². The summed E-state index contributed by atoms with van der Waals surface area (Å²) in [6, 6.07) is 5.59. The van der Waals surface area contributed by atoms with Crippen LogP contribution in [-0.2, 0) is 10.2 Å². The Kier molecular flexibility index (Phi) is 4.15. The van der Waals surface area contributed by atoms with Crippen LogP contribution < -0.4 is 5.32 Å². The molecule has 0 spiro atoms. The zero-order chi connectivity index (χ0) is 14.7. The quantitative estimate of drug-likeness (QED) is 0.886. The first kappa shape index (κ1) is 15.0. The Morgan fingerprint density at radius 2 is 1.95 bits per heavy atom. The van der Waals surface area contributed by atoms with Crippen molar-refractivity contribution in [1.82, 2.24) is 4.98 Å². The number of pyridine rings is 1. The zero-order valence-corrected chi connectivity index (χ0v) is 11.9. The van der Waals surface area contributed by atoms with Crippen LogP contribution in [0.25, 0.3) is 0 Å². The molecule has 0 unspecified atom stereocenters. The number of nitrogens with one attached hydrogen (secondary N) is 1. The molecule has 1 amide bonds. The van der Waals surface area contributed by atoms with E-state index in [-0.39, 0.29) is 0 Å². The molecule has 0 aliphatic heterocycles. The van der Waals surface area contributed by atoms with Crippen LogP contribution in [0.4, 0.5) is 10.5 Å². The highest BCUT2D eigenvalue weighted by Crippen LogP contribution is 2.21. The normalized spacial score (nSPS) is 11.6. The highest BCUT2D eigenvalue weighted by Gasteiger charge is 2.21. The van der Waals surface area contributed by atoms with Crippen molar-refractivity contribution in [2.45, 2.75) is 45.6 Å². The van der Waals surface area contributed by atoms with Crippen LogP contribution in [0.1, 0.15) is 40.3 Å². The second-order valence-corrected chi connectivity index (χ2v) is 5.80. The molecule has 0 bridgehead atoms. The van der Waals surface area contributed by atoms with E-state index in [0.29, 0.717) is 11.4 Å². The number of nitriles is 1. The van der Waals surface area contributed by atoms with Gasteiger partial charge in [0.15, 0.2) is 0 Å². The van der Waals surface area contributed by atoms with Crippen molar-refractivity contribution >= 4 is 11.8 Å². The van der Waals surface area contributed by atoms with Crippen molar-refractivity contribution < 1.29 is 9.53 Å². The molecule has 1 heterocycles. The Balaban J connectivity index is 2.74. The highest BCUT2D eigenvalue weighted by atomic mass is 16.6. The smallest absolute Gasteiger partial charge is 0.412 e. The van der Waals surface area contributed by atoms with Crippen LogP contribution in [0.3, 0.4) is 0 Å². The van der Waals surface area contributed by atoms with Crippen LogP contribution in [0.5, 0.6) is 0 Å². The fraction of sp³-hybridized carbons (Fsp3) is 0.500. The second kappa shape index (κ2) is 5.27. The third-order valence-corrected chi connectivity index (χ3v) is 2.33. The van der Waals surface area contributed by atoms with Gasteiger partial charge in [-0.05, 0) is 46.8 Å². The molecule has 5 heteroatoms. The lowest BCUT2D eigenvalue weighted by molar-refractivity contribution is 0.0636. The molecule has 1 N–H and O–H groups in total. The van der Waals surface area contributed by atoms with E-state index in [1.165, 1.54) is 6.20 Å². The van der Waals surface area contributed by atoms with Crippen molar-refractivity contribution in [3.63, 3.8) is 0 Å². The van der Waals surface area contributed by atoms with Crippen LogP contribution in [0.15, 0.2) is 18.3 Å². The van der Waals surface area contributed by atoms with Gasteiger partial charge in [-0.25, -0.2) is 4.79 Å². The number of nitrogens with zero attached hydrogens (tertiary/aromatic N) is 2. The van der Waals surface area contributed by atoms with Gasteiger partial charge in [0.05, 0.1) is 29.1 Å². The summed E-state index contributed by atoms with van der Waals surface area (Å²) in [4.78, 5) is 15.7. The number of anilines is 1. The van der Waals surface area contributed by atoms with E-state index in [2.05, 4.69) is 16.4 Å². The van der Waals surface area contributed by atoms with E-state index >= 15 is 0 Å². The van der Waals surface area contributed by atoms with Crippen LogP contribution >= 0.6 is 0 Å². The van der Waals surface area contributed by atoms with Crippen molar-refractivity contribution in [3.05, 3.63) is 24.0 Å². The van der Waals surface area contributed by atoms with Gasteiger partial charge in [-0.1, -0.05) is 0 Å². The van der Waals surface area contributed by atoms with E-state index in [0.717, 1.165) is 0 Å². The molecule has 0 aromatic carbocycles. The molecule has 0 saturated carbocycles. The van der Waals surface area contributed by atoms with Gasteiger partial charge in [-0.3, -0.25) is 10.3 Å². The average Bonchev–Trinajstić information content (AvgIpc) is 2.27. The second-order valence-electron chi connectivity index (χ2n) is 5.80. The Hall–Kier alpha value is -2.09. The maximum atomic E-state index is 11.6. The van der Waals surface area contributed by atoms with E-state index in [1.54, 1.807) is 46.8 Å². The molecule has 102 valence electrons. The van der Waals surface area contributed by atoms with E-state index < -0.39 is 17.1 Å². The molecule has 0 fully saturated rings. The first-order valence-corrected chi connectivity index (χ1v) is 6.02. The van der Waals surface area contributed by atoms with Gasteiger partial charge in [0.25, 0.3) is 0 Å². The van der Waals surface area contributed by atoms with Crippen LogP contribution in [0.2, 0.25) is 0 Å². The fourth-order valence-electron chi connectivity index (χ4n) is 1.32. The Labute approximate surface area is 113 Å². The number of hydrogen-bond donors (Lipinski definition) is 1. The summed E-state index contributed by atoms with van der Waals surface area (Å²) in [6.07, 6.45) is 0.986. The minimum atomic E-state index is -0.648. The van der Waals surface area contributed by atoms with Gasteiger partial charge in [0.2, 0.25) is 0 Å². The third kappa shape index (κ3) is 4.59. The Morgan fingerprint density at radius 3 is 2.37 bits per heavy atom. The van der Waals surface area contributed by atoms with Crippen LogP contribution in [0, 0.1) is 11.3 Å². The minimum Gasteiger partial charge on any atom is -0.444 e. The lowest BCUT2D eigenvalue weighted by Crippen LogP contribution is -2.27. The number of carbonyl (C=O) groups excluding carboxylic acids is 1. The van der Waals surface area contributed by atoms with Gasteiger partial charge in [-0.2, -0.15) is 5.26 Å². The maximum Gasteiger partial charge on any atom is 0.412 e. The first-order valence-electron chi connectivity index (χ1n) is 6.02. The lowest BCUT2D eigenvalue weighted by Gasteiger charge is -2.20. The molecule has 1 rings (SSSR count). The largest absolute Gasteiger partial charge is 0.444 e. The molecule has 0 atom stereocenters. The molecule has 5 nitrogen and oxygen atoms in total. The number of carbonyl (C=O) groups is 1. The molecular weight excluding hydrogens is 242 g/mol. The fourth-order valence-corrected chi connectivity index (χ4v) is 1.32. The van der Waals surface area contributed by atoms with Gasteiger partial charge in [0, 0.05) is 0 Å². The number of ether oxygens (including phenoxy) is 1. The summed E-state index contributed by atoms with van der Waals surface area (Å²) in [7, 11) is 0. The molecule has 0 aliphatic rings. The lowest BCUT2D eigenvalue weighted by atomic mass is 9.91. The maximum absolute atomic E-state index is 11.6.